The van der Waals surface area contributed by atoms with Gasteiger partial charge < -0.3 is 15.4 Å². The molecule has 138 valence electrons. The first-order valence-electron chi connectivity index (χ1n) is 9.00. The van der Waals surface area contributed by atoms with E-state index < -0.39 is 11.9 Å². The molecule has 25 heavy (non-hydrogen) atoms. The molecule has 0 heterocycles. The highest BCUT2D eigenvalue weighted by Gasteiger charge is 2.31. The highest BCUT2D eigenvalue weighted by molar-refractivity contribution is 5.87. The van der Waals surface area contributed by atoms with E-state index in [-0.39, 0.29) is 24.2 Å². The minimum absolute atomic E-state index is 0.0510. The zero-order chi connectivity index (χ0) is 18.1. The Bertz CT molecular complexity index is 561. The van der Waals surface area contributed by atoms with Gasteiger partial charge in [-0.15, -0.1) is 0 Å². The van der Waals surface area contributed by atoms with E-state index in [1.807, 2.05) is 0 Å². The minimum Gasteiger partial charge on any atom is -0.483 e. The number of amides is 1. The van der Waals surface area contributed by atoms with Crippen molar-refractivity contribution in [3.8, 4) is 5.75 Å². The van der Waals surface area contributed by atoms with Crippen LogP contribution in [0.5, 0.6) is 5.75 Å². The molecule has 1 aromatic rings. The summed E-state index contributed by atoms with van der Waals surface area (Å²) in [5.74, 6) is -0.646. The van der Waals surface area contributed by atoms with Crippen molar-refractivity contribution in [2.45, 2.75) is 57.0 Å². The monoisotopic (exact) mass is 350 g/mol. The normalized spacial score (nSPS) is 15.8. The van der Waals surface area contributed by atoms with Crippen molar-refractivity contribution in [1.82, 2.24) is 4.90 Å². The first-order chi connectivity index (χ1) is 12.2. The van der Waals surface area contributed by atoms with Crippen LogP contribution in [0.3, 0.4) is 0 Å². The van der Waals surface area contributed by atoms with Gasteiger partial charge in [-0.25, -0.2) is 4.39 Å². The average Bonchev–Trinajstić information content (AvgIpc) is 3.14. The highest BCUT2D eigenvalue weighted by Crippen LogP contribution is 2.26. The second-order valence-corrected chi connectivity index (χ2v) is 6.48. The highest BCUT2D eigenvalue weighted by atomic mass is 19.1. The summed E-state index contributed by atoms with van der Waals surface area (Å²) < 4.78 is 19.0. The number of ether oxygens (including phenoxy) is 1. The van der Waals surface area contributed by atoms with E-state index >= 15 is 0 Å². The summed E-state index contributed by atoms with van der Waals surface area (Å²) in [5.41, 5.74) is 5.54. The van der Waals surface area contributed by atoms with Crippen molar-refractivity contribution in [3.05, 3.63) is 30.1 Å². The van der Waals surface area contributed by atoms with Crippen LogP contribution in [0.4, 0.5) is 4.39 Å². The molecule has 1 aromatic carbocycles. The molecule has 1 fully saturated rings. The first kappa shape index (κ1) is 19.4. The fourth-order valence-corrected chi connectivity index (χ4v) is 3.38. The number of Topliss-reactive ketones (excluding diaryl/α,β-unsaturated/α-hetero) is 1. The Morgan fingerprint density at radius 3 is 2.68 bits per heavy atom. The molecule has 1 saturated carbocycles. The minimum atomic E-state index is -0.529. The van der Waals surface area contributed by atoms with Crippen LogP contribution in [-0.4, -0.2) is 42.3 Å². The lowest BCUT2D eigenvalue weighted by molar-refractivity contribution is -0.135. The summed E-state index contributed by atoms with van der Waals surface area (Å²) in [7, 11) is 0. The molecule has 0 saturated heterocycles. The van der Waals surface area contributed by atoms with Crippen molar-refractivity contribution < 1.29 is 18.7 Å². The summed E-state index contributed by atoms with van der Waals surface area (Å²) in [6.07, 6.45) is 6.91. The molecule has 1 atom stereocenters. The molecule has 0 bridgehead atoms. The summed E-state index contributed by atoms with van der Waals surface area (Å²) in [4.78, 5) is 26.0. The fraction of sp³-hybridized carbons (Fsp3) is 0.579. The number of carbonyl (C=O) groups excluding carboxylic acids is 2. The van der Waals surface area contributed by atoms with Crippen LogP contribution in [-0.2, 0) is 9.59 Å². The fourth-order valence-electron chi connectivity index (χ4n) is 3.38. The Kier molecular flexibility index (Phi) is 7.85. The molecule has 1 aliphatic rings. The molecule has 2 rings (SSSR count). The zero-order valence-electron chi connectivity index (χ0n) is 14.5. The number of hydrogen-bond acceptors (Lipinski definition) is 4. The third-order valence-electron chi connectivity index (χ3n) is 4.74. The van der Waals surface area contributed by atoms with Gasteiger partial charge in [0.1, 0.15) is 6.61 Å². The van der Waals surface area contributed by atoms with Crippen LogP contribution in [0.2, 0.25) is 0 Å². The molecule has 0 spiro atoms. The Hall–Kier alpha value is -1.95. The summed E-state index contributed by atoms with van der Waals surface area (Å²) in [5, 5.41) is 0. The van der Waals surface area contributed by atoms with Crippen LogP contribution in [0.15, 0.2) is 24.3 Å². The SMILES string of the molecule is NCCCC[C@@H](C(=O)COc1ccccc1F)N(C=O)C1CCCC1. The van der Waals surface area contributed by atoms with E-state index in [4.69, 9.17) is 10.5 Å². The molecule has 0 aromatic heterocycles. The second-order valence-electron chi connectivity index (χ2n) is 6.48. The number of ketones is 1. The van der Waals surface area contributed by atoms with Crippen LogP contribution in [0, 0.1) is 5.82 Å². The molecular formula is C19H27FN2O3. The van der Waals surface area contributed by atoms with Crippen molar-refractivity contribution in [2.75, 3.05) is 13.2 Å². The number of nitrogens with zero attached hydrogens (tertiary/aromatic N) is 1. The van der Waals surface area contributed by atoms with Crippen LogP contribution >= 0.6 is 0 Å². The number of rotatable bonds is 11. The zero-order valence-corrected chi connectivity index (χ0v) is 14.5. The van der Waals surface area contributed by atoms with Gasteiger partial charge in [0.25, 0.3) is 0 Å². The van der Waals surface area contributed by atoms with E-state index in [0.29, 0.717) is 13.0 Å². The number of hydrogen-bond donors (Lipinski definition) is 1. The van der Waals surface area contributed by atoms with Gasteiger partial charge in [-0.2, -0.15) is 0 Å². The van der Waals surface area contributed by atoms with Gasteiger partial charge in [0, 0.05) is 6.04 Å². The largest absolute Gasteiger partial charge is 0.483 e. The lowest BCUT2D eigenvalue weighted by atomic mass is 10.0. The number of para-hydroxylation sites is 1. The lowest BCUT2D eigenvalue weighted by Gasteiger charge is -2.32. The Morgan fingerprint density at radius 1 is 1.32 bits per heavy atom. The molecule has 2 N–H and O–H groups in total. The van der Waals surface area contributed by atoms with Crippen molar-refractivity contribution >= 4 is 12.2 Å². The molecule has 1 aliphatic carbocycles. The topological polar surface area (TPSA) is 72.6 Å². The molecule has 1 amide bonds. The van der Waals surface area contributed by atoms with Gasteiger partial charge in [0.15, 0.2) is 17.3 Å². The van der Waals surface area contributed by atoms with E-state index in [1.54, 1.807) is 17.0 Å². The summed E-state index contributed by atoms with van der Waals surface area (Å²) in [6, 6.07) is 5.57. The number of carbonyl (C=O) groups is 2. The predicted octanol–water partition coefficient (Wildman–Crippen LogP) is 2.67. The molecule has 0 aliphatic heterocycles. The number of unbranched alkanes of at least 4 members (excludes halogenated alkanes) is 1. The summed E-state index contributed by atoms with van der Waals surface area (Å²) in [6.45, 7) is 0.308. The van der Waals surface area contributed by atoms with Gasteiger partial charge in [-0.1, -0.05) is 25.0 Å². The van der Waals surface area contributed by atoms with E-state index in [2.05, 4.69) is 0 Å². The van der Waals surface area contributed by atoms with Crippen molar-refractivity contribution in [2.24, 2.45) is 5.73 Å². The Morgan fingerprint density at radius 2 is 2.04 bits per heavy atom. The van der Waals surface area contributed by atoms with E-state index in [0.717, 1.165) is 44.9 Å². The van der Waals surface area contributed by atoms with E-state index in [1.165, 1.54) is 12.1 Å². The second kappa shape index (κ2) is 10.1. The van der Waals surface area contributed by atoms with Gasteiger partial charge in [-0.05, 0) is 50.8 Å². The quantitative estimate of drug-likeness (QED) is 0.492. The molecule has 5 nitrogen and oxygen atoms in total. The lowest BCUT2D eigenvalue weighted by Crippen LogP contribution is -2.47. The molecule has 0 radical (unpaired) electrons. The van der Waals surface area contributed by atoms with Crippen molar-refractivity contribution in [1.29, 1.82) is 0 Å². The smallest absolute Gasteiger partial charge is 0.210 e. The first-order valence-corrected chi connectivity index (χ1v) is 9.00. The average molecular weight is 350 g/mol. The number of nitrogens with two attached hydrogens (primary N) is 1. The molecule has 6 heteroatoms. The number of benzene rings is 1. The molecule has 0 unspecified atom stereocenters. The summed E-state index contributed by atoms with van der Waals surface area (Å²) >= 11 is 0. The maximum absolute atomic E-state index is 13.6. The maximum atomic E-state index is 13.6. The third-order valence-corrected chi connectivity index (χ3v) is 4.74. The van der Waals surface area contributed by atoms with Gasteiger partial charge in [0.05, 0.1) is 6.04 Å². The van der Waals surface area contributed by atoms with Crippen LogP contribution < -0.4 is 10.5 Å². The maximum Gasteiger partial charge on any atom is 0.210 e. The molecular weight excluding hydrogens is 323 g/mol. The Labute approximate surface area is 148 Å². The standard InChI is InChI=1S/C19H27FN2O3/c20-16-9-3-4-11-19(16)25-13-18(24)17(10-5-6-12-21)22(14-23)15-7-1-2-8-15/h3-4,9,11,14-15,17H,1-2,5-8,10,12-13,21H2/t17-/m0/s1. The van der Waals surface area contributed by atoms with Gasteiger partial charge in [0.2, 0.25) is 6.41 Å². The van der Waals surface area contributed by atoms with Crippen LogP contribution in [0.25, 0.3) is 0 Å². The predicted molar refractivity (Wildman–Crippen MR) is 93.8 cm³/mol. The van der Waals surface area contributed by atoms with Gasteiger partial charge in [-0.3, -0.25) is 9.59 Å². The Balaban J connectivity index is 2.03. The van der Waals surface area contributed by atoms with Crippen LogP contribution in [0.1, 0.15) is 44.9 Å². The van der Waals surface area contributed by atoms with Gasteiger partial charge >= 0.3 is 0 Å². The van der Waals surface area contributed by atoms with E-state index in [9.17, 15) is 14.0 Å². The number of halogens is 1. The van der Waals surface area contributed by atoms with Crippen molar-refractivity contribution in [3.63, 3.8) is 0 Å². The third kappa shape index (κ3) is 5.53.